The molecule has 0 radical (unpaired) electrons. The van der Waals surface area contributed by atoms with Gasteiger partial charge in [0.05, 0.1) is 0 Å². The number of carbonyl (C=O) groups is 1. The standard InChI is InChI=1S/C9H9NO4/c1-3-6-4-7(10-13)8(5(2)11)9(12)14-6/h4H,3H2,1-2H3. The average Bonchev–Trinajstić information content (AvgIpc) is 2.15. The van der Waals surface area contributed by atoms with Gasteiger partial charge in [0.1, 0.15) is 17.0 Å². The molecule has 1 aromatic rings. The summed E-state index contributed by atoms with van der Waals surface area (Å²) in [5.41, 5.74) is -1.23. The molecule has 0 saturated carbocycles. The van der Waals surface area contributed by atoms with Gasteiger partial charge in [0.25, 0.3) is 0 Å². The predicted molar refractivity (Wildman–Crippen MR) is 49.8 cm³/mol. The van der Waals surface area contributed by atoms with Crippen molar-refractivity contribution in [3.8, 4) is 0 Å². The minimum atomic E-state index is -0.800. The molecule has 0 unspecified atom stereocenters. The summed E-state index contributed by atoms with van der Waals surface area (Å²) in [4.78, 5) is 32.6. The molecule has 74 valence electrons. The van der Waals surface area contributed by atoms with Crippen molar-refractivity contribution in [2.45, 2.75) is 20.3 Å². The highest BCUT2D eigenvalue weighted by atomic mass is 16.4. The maximum Gasteiger partial charge on any atom is 0.349 e. The number of rotatable bonds is 3. The second-order valence-corrected chi connectivity index (χ2v) is 2.76. The Morgan fingerprint density at radius 3 is 2.64 bits per heavy atom. The van der Waals surface area contributed by atoms with Gasteiger partial charge >= 0.3 is 5.63 Å². The Kier molecular flexibility index (Phi) is 2.91. The highest BCUT2D eigenvalue weighted by molar-refractivity contribution is 5.98. The summed E-state index contributed by atoms with van der Waals surface area (Å²) in [6.07, 6.45) is 0.468. The van der Waals surface area contributed by atoms with Crippen LogP contribution in [0.4, 0.5) is 5.69 Å². The van der Waals surface area contributed by atoms with Crippen LogP contribution in [0.1, 0.15) is 30.0 Å². The molecule has 0 N–H and O–H groups in total. The Balaban J connectivity index is 3.50. The zero-order valence-electron chi connectivity index (χ0n) is 7.86. The minimum Gasteiger partial charge on any atom is -0.427 e. The van der Waals surface area contributed by atoms with Gasteiger partial charge in [-0.25, -0.2) is 4.79 Å². The average molecular weight is 195 g/mol. The van der Waals surface area contributed by atoms with Crippen LogP contribution in [0, 0.1) is 4.91 Å². The largest absolute Gasteiger partial charge is 0.427 e. The molecule has 1 rings (SSSR count). The van der Waals surface area contributed by atoms with E-state index in [0.29, 0.717) is 12.2 Å². The molecule has 0 spiro atoms. The van der Waals surface area contributed by atoms with Crippen molar-refractivity contribution in [3.63, 3.8) is 0 Å². The van der Waals surface area contributed by atoms with Crippen LogP contribution in [0.2, 0.25) is 0 Å². The highest BCUT2D eigenvalue weighted by Crippen LogP contribution is 2.17. The molecule has 0 fully saturated rings. The molecule has 1 aromatic heterocycles. The van der Waals surface area contributed by atoms with Gasteiger partial charge in [0.15, 0.2) is 5.78 Å². The van der Waals surface area contributed by atoms with Gasteiger partial charge in [-0.2, -0.15) is 0 Å². The summed E-state index contributed by atoms with van der Waals surface area (Å²) in [6, 6.07) is 1.31. The molecule has 0 bridgehead atoms. The Morgan fingerprint density at radius 1 is 1.57 bits per heavy atom. The summed E-state index contributed by atoms with van der Waals surface area (Å²) < 4.78 is 4.79. The van der Waals surface area contributed by atoms with Crippen molar-refractivity contribution < 1.29 is 9.21 Å². The summed E-state index contributed by atoms with van der Waals surface area (Å²) in [7, 11) is 0. The molecular formula is C9H9NO4. The number of hydrogen-bond acceptors (Lipinski definition) is 5. The number of nitrogens with zero attached hydrogens (tertiary/aromatic N) is 1. The van der Waals surface area contributed by atoms with Crippen LogP contribution in [-0.2, 0) is 6.42 Å². The van der Waals surface area contributed by atoms with Crippen LogP contribution in [0.15, 0.2) is 20.5 Å². The van der Waals surface area contributed by atoms with Gasteiger partial charge < -0.3 is 4.42 Å². The number of aryl methyl sites for hydroxylation is 1. The van der Waals surface area contributed by atoms with Crippen molar-refractivity contribution in [2.24, 2.45) is 5.18 Å². The third-order valence-electron chi connectivity index (χ3n) is 1.78. The first-order valence-electron chi connectivity index (χ1n) is 4.11. The van der Waals surface area contributed by atoms with Crippen molar-refractivity contribution in [2.75, 3.05) is 0 Å². The van der Waals surface area contributed by atoms with Crippen LogP contribution in [0.25, 0.3) is 0 Å². The molecule has 0 aliphatic heterocycles. The highest BCUT2D eigenvalue weighted by Gasteiger charge is 2.15. The number of ketones is 1. The fourth-order valence-corrected chi connectivity index (χ4v) is 1.10. The monoisotopic (exact) mass is 195 g/mol. The van der Waals surface area contributed by atoms with E-state index in [9.17, 15) is 14.5 Å². The lowest BCUT2D eigenvalue weighted by Gasteiger charge is -1.99. The van der Waals surface area contributed by atoms with E-state index in [4.69, 9.17) is 4.42 Å². The lowest BCUT2D eigenvalue weighted by atomic mass is 10.1. The van der Waals surface area contributed by atoms with E-state index in [0.717, 1.165) is 0 Å². The molecule has 0 aliphatic carbocycles. The topological polar surface area (TPSA) is 76.7 Å². The van der Waals surface area contributed by atoms with Gasteiger partial charge in [-0.3, -0.25) is 4.79 Å². The first-order chi connectivity index (χ1) is 6.60. The lowest BCUT2D eigenvalue weighted by Crippen LogP contribution is -2.12. The Morgan fingerprint density at radius 2 is 2.21 bits per heavy atom. The molecule has 1 heterocycles. The molecule has 14 heavy (non-hydrogen) atoms. The molecule has 0 saturated heterocycles. The van der Waals surface area contributed by atoms with Crippen LogP contribution >= 0.6 is 0 Å². The maximum absolute atomic E-state index is 11.2. The molecule has 0 amide bonds. The van der Waals surface area contributed by atoms with E-state index in [1.807, 2.05) is 0 Å². The first-order valence-corrected chi connectivity index (χ1v) is 4.11. The summed E-state index contributed by atoms with van der Waals surface area (Å²) >= 11 is 0. The van der Waals surface area contributed by atoms with Crippen LogP contribution in [0.3, 0.4) is 0 Å². The number of Topliss-reactive ketones (excluding diaryl/α,β-unsaturated/α-hetero) is 1. The Bertz CT molecular complexity index is 433. The predicted octanol–water partition coefficient (Wildman–Crippen LogP) is 1.80. The Hall–Kier alpha value is -1.78. The van der Waals surface area contributed by atoms with Gasteiger partial charge in [0, 0.05) is 12.5 Å². The quantitative estimate of drug-likeness (QED) is 0.544. The molecule has 0 aromatic carbocycles. The van der Waals surface area contributed by atoms with E-state index in [1.54, 1.807) is 6.92 Å². The van der Waals surface area contributed by atoms with Crippen molar-refractivity contribution >= 4 is 11.5 Å². The van der Waals surface area contributed by atoms with Gasteiger partial charge in [0.2, 0.25) is 0 Å². The molecule has 5 heteroatoms. The first kappa shape index (κ1) is 10.3. The van der Waals surface area contributed by atoms with Crippen molar-refractivity contribution in [3.05, 3.63) is 32.7 Å². The second kappa shape index (κ2) is 3.95. The van der Waals surface area contributed by atoms with E-state index in [1.165, 1.54) is 13.0 Å². The third-order valence-corrected chi connectivity index (χ3v) is 1.78. The second-order valence-electron chi connectivity index (χ2n) is 2.76. The zero-order chi connectivity index (χ0) is 10.7. The third kappa shape index (κ3) is 1.76. The van der Waals surface area contributed by atoms with E-state index < -0.39 is 11.4 Å². The number of nitroso groups, excluding NO2 is 1. The van der Waals surface area contributed by atoms with E-state index >= 15 is 0 Å². The minimum absolute atomic E-state index is 0.148. The maximum atomic E-state index is 11.2. The van der Waals surface area contributed by atoms with Gasteiger partial charge in [-0.15, -0.1) is 4.91 Å². The zero-order valence-corrected chi connectivity index (χ0v) is 7.86. The van der Waals surface area contributed by atoms with Crippen molar-refractivity contribution in [1.82, 2.24) is 0 Å². The smallest absolute Gasteiger partial charge is 0.349 e. The number of carbonyl (C=O) groups excluding carboxylic acids is 1. The summed E-state index contributed by atoms with van der Waals surface area (Å²) in [5.74, 6) is -0.175. The van der Waals surface area contributed by atoms with Gasteiger partial charge in [-0.1, -0.05) is 6.92 Å². The fourth-order valence-electron chi connectivity index (χ4n) is 1.10. The van der Waals surface area contributed by atoms with E-state index in [-0.39, 0.29) is 11.3 Å². The Labute approximate surface area is 79.7 Å². The van der Waals surface area contributed by atoms with E-state index in [2.05, 4.69) is 5.18 Å². The number of hydrogen-bond donors (Lipinski definition) is 0. The molecule has 0 aliphatic rings. The van der Waals surface area contributed by atoms with Crippen LogP contribution in [0.5, 0.6) is 0 Å². The molecule has 0 atom stereocenters. The normalized spacial score (nSPS) is 9.86. The molecule has 5 nitrogen and oxygen atoms in total. The summed E-state index contributed by atoms with van der Waals surface area (Å²) in [6.45, 7) is 2.95. The fraction of sp³-hybridized carbons (Fsp3) is 0.333. The molecular weight excluding hydrogens is 186 g/mol. The summed E-state index contributed by atoms with van der Waals surface area (Å²) in [5, 5.41) is 2.63. The SMILES string of the molecule is CCc1cc(N=O)c(C(C)=O)c(=O)o1. The van der Waals surface area contributed by atoms with Crippen LogP contribution in [-0.4, -0.2) is 5.78 Å². The lowest BCUT2D eigenvalue weighted by molar-refractivity contribution is 0.101. The van der Waals surface area contributed by atoms with Gasteiger partial charge in [-0.05, 0) is 12.1 Å². The van der Waals surface area contributed by atoms with Crippen LogP contribution < -0.4 is 5.63 Å². The van der Waals surface area contributed by atoms with Crippen molar-refractivity contribution in [1.29, 1.82) is 0 Å².